The highest BCUT2D eigenvalue weighted by molar-refractivity contribution is 8.26. The molecular weight excluding hydrogens is 520 g/mol. The summed E-state index contributed by atoms with van der Waals surface area (Å²) in [5.74, 6) is 0.626. The number of nitrogens with zero attached hydrogens (tertiary/aromatic N) is 1. The second-order valence-electron chi connectivity index (χ2n) is 8.27. The molecule has 3 aromatic carbocycles. The molecule has 7 nitrogen and oxygen atoms in total. The quantitative estimate of drug-likeness (QED) is 0.182. The van der Waals surface area contributed by atoms with E-state index in [1.807, 2.05) is 54.6 Å². The molecule has 4 rings (SSSR count). The average molecular weight is 547 g/mol. The lowest BCUT2D eigenvalue weighted by Gasteiger charge is -2.14. The third-order valence-corrected chi connectivity index (χ3v) is 6.85. The molecule has 1 N–H and O–H groups in total. The predicted molar refractivity (Wildman–Crippen MR) is 153 cm³/mol. The monoisotopic (exact) mass is 546 g/mol. The van der Waals surface area contributed by atoms with Crippen molar-refractivity contribution in [1.82, 2.24) is 4.90 Å². The zero-order chi connectivity index (χ0) is 26.9. The van der Waals surface area contributed by atoms with Crippen LogP contribution in [0.3, 0.4) is 0 Å². The normalized spacial score (nSPS) is 14.0. The van der Waals surface area contributed by atoms with Gasteiger partial charge in [0.2, 0.25) is 5.91 Å². The minimum Gasteiger partial charge on any atom is -0.462 e. The van der Waals surface area contributed by atoms with E-state index < -0.39 is 5.97 Å². The molecule has 0 aromatic heterocycles. The van der Waals surface area contributed by atoms with E-state index >= 15 is 0 Å². The number of para-hydroxylation sites is 1. The summed E-state index contributed by atoms with van der Waals surface area (Å²) < 4.78 is 11.3. The Bertz CT molecular complexity index is 1360. The van der Waals surface area contributed by atoms with E-state index in [1.165, 1.54) is 16.7 Å². The number of carbonyl (C=O) groups excluding carboxylic acids is 3. The minimum absolute atomic E-state index is 0.177. The lowest BCUT2D eigenvalue weighted by atomic mass is 10.2. The van der Waals surface area contributed by atoms with Gasteiger partial charge in [0, 0.05) is 18.7 Å². The number of amides is 2. The van der Waals surface area contributed by atoms with Crippen molar-refractivity contribution < 1.29 is 23.9 Å². The molecule has 0 saturated carbocycles. The molecule has 3 aromatic rings. The maximum atomic E-state index is 13.0. The number of hydrogen-bond acceptors (Lipinski definition) is 7. The number of hydrogen-bond donors (Lipinski definition) is 1. The Morgan fingerprint density at radius 3 is 2.47 bits per heavy atom. The van der Waals surface area contributed by atoms with Crippen molar-refractivity contribution in [2.45, 2.75) is 19.8 Å². The maximum absolute atomic E-state index is 13.0. The van der Waals surface area contributed by atoms with Gasteiger partial charge in [0.15, 0.2) is 0 Å². The summed E-state index contributed by atoms with van der Waals surface area (Å²) in [6, 6.07) is 23.5. The Balaban J connectivity index is 1.28. The maximum Gasteiger partial charge on any atom is 0.338 e. The van der Waals surface area contributed by atoms with Crippen LogP contribution in [0.1, 0.15) is 35.7 Å². The van der Waals surface area contributed by atoms with Crippen LogP contribution in [0, 0.1) is 0 Å². The molecule has 0 atom stereocenters. The first-order valence-electron chi connectivity index (χ1n) is 12.1. The molecule has 1 aliphatic heterocycles. The molecule has 0 spiro atoms. The van der Waals surface area contributed by atoms with E-state index in [0.717, 1.165) is 11.3 Å². The molecule has 38 heavy (non-hydrogen) atoms. The van der Waals surface area contributed by atoms with Gasteiger partial charge < -0.3 is 14.8 Å². The Hall–Kier alpha value is -3.95. The molecule has 1 aliphatic rings. The first-order valence-corrected chi connectivity index (χ1v) is 13.3. The predicted octanol–water partition coefficient (Wildman–Crippen LogP) is 6.28. The number of rotatable bonds is 10. The second-order valence-corrected chi connectivity index (χ2v) is 9.95. The van der Waals surface area contributed by atoms with Crippen molar-refractivity contribution in [3.63, 3.8) is 0 Å². The van der Waals surface area contributed by atoms with Crippen molar-refractivity contribution in [2.75, 3.05) is 18.5 Å². The van der Waals surface area contributed by atoms with Crippen LogP contribution in [0.25, 0.3) is 6.08 Å². The average Bonchev–Trinajstić information content (AvgIpc) is 3.17. The third kappa shape index (κ3) is 7.30. The number of thiocarbonyl (C=S) groups is 1. The van der Waals surface area contributed by atoms with E-state index in [-0.39, 0.29) is 18.2 Å². The number of ether oxygens (including phenoxy) is 2. The van der Waals surface area contributed by atoms with Crippen LogP contribution in [-0.2, 0) is 14.3 Å². The molecule has 0 unspecified atom stereocenters. The van der Waals surface area contributed by atoms with Crippen LogP contribution in [0.5, 0.6) is 11.5 Å². The van der Waals surface area contributed by atoms with Crippen LogP contribution < -0.4 is 10.1 Å². The van der Waals surface area contributed by atoms with E-state index in [1.54, 1.807) is 37.3 Å². The van der Waals surface area contributed by atoms with Gasteiger partial charge in [-0.3, -0.25) is 14.5 Å². The van der Waals surface area contributed by atoms with Crippen molar-refractivity contribution in [3.05, 3.63) is 94.9 Å². The van der Waals surface area contributed by atoms with Gasteiger partial charge in [-0.1, -0.05) is 54.3 Å². The smallest absolute Gasteiger partial charge is 0.338 e. The number of anilines is 1. The van der Waals surface area contributed by atoms with Crippen LogP contribution in [0.4, 0.5) is 5.69 Å². The fourth-order valence-electron chi connectivity index (χ4n) is 3.66. The number of esters is 1. The summed E-state index contributed by atoms with van der Waals surface area (Å²) in [5.41, 5.74) is 1.82. The van der Waals surface area contributed by atoms with Gasteiger partial charge in [0.25, 0.3) is 5.91 Å². The van der Waals surface area contributed by atoms with E-state index in [4.69, 9.17) is 21.7 Å². The Morgan fingerprint density at radius 1 is 1.00 bits per heavy atom. The standard InChI is InChI=1S/C29H26N2O5S2/c1-2-35-28(34)21-13-15-22(16-14-21)30-26(32)12-7-17-31-27(33)25(38-29(31)37)19-20-8-6-11-24(18-20)36-23-9-4-3-5-10-23/h3-6,8-11,13-16,18-19H,2,7,12,17H2,1H3,(H,30,32)/b25-19-. The topological polar surface area (TPSA) is 84.9 Å². The molecule has 9 heteroatoms. The zero-order valence-electron chi connectivity index (χ0n) is 20.7. The first kappa shape index (κ1) is 27.1. The van der Waals surface area contributed by atoms with Gasteiger partial charge in [0.1, 0.15) is 15.8 Å². The van der Waals surface area contributed by atoms with Gasteiger partial charge in [-0.25, -0.2) is 4.79 Å². The molecule has 0 radical (unpaired) electrons. The van der Waals surface area contributed by atoms with Gasteiger partial charge in [0.05, 0.1) is 17.1 Å². The molecule has 1 saturated heterocycles. The number of benzene rings is 3. The van der Waals surface area contributed by atoms with Crippen molar-refractivity contribution in [1.29, 1.82) is 0 Å². The van der Waals surface area contributed by atoms with Crippen molar-refractivity contribution in [3.8, 4) is 11.5 Å². The van der Waals surface area contributed by atoms with Gasteiger partial charge in [-0.2, -0.15) is 0 Å². The number of nitrogens with one attached hydrogen (secondary N) is 1. The third-order valence-electron chi connectivity index (χ3n) is 5.47. The summed E-state index contributed by atoms with van der Waals surface area (Å²) in [7, 11) is 0. The Kier molecular flexibility index (Phi) is 9.29. The van der Waals surface area contributed by atoms with Gasteiger partial charge in [-0.05, 0) is 73.5 Å². The molecule has 0 aliphatic carbocycles. The van der Waals surface area contributed by atoms with E-state index in [2.05, 4.69) is 5.32 Å². The zero-order valence-corrected chi connectivity index (χ0v) is 22.3. The molecule has 2 amide bonds. The van der Waals surface area contributed by atoms with E-state index in [9.17, 15) is 14.4 Å². The lowest BCUT2D eigenvalue weighted by Crippen LogP contribution is -2.29. The lowest BCUT2D eigenvalue weighted by molar-refractivity contribution is -0.122. The SMILES string of the molecule is CCOC(=O)c1ccc(NC(=O)CCCN2C(=O)/C(=C/c3cccc(Oc4ccccc4)c3)SC2=S)cc1. The van der Waals surface area contributed by atoms with Gasteiger partial charge >= 0.3 is 5.97 Å². The summed E-state index contributed by atoms with van der Waals surface area (Å²) in [6.45, 7) is 2.38. The highest BCUT2D eigenvalue weighted by atomic mass is 32.2. The summed E-state index contributed by atoms with van der Waals surface area (Å²) in [5, 5.41) is 2.80. The van der Waals surface area contributed by atoms with Crippen LogP contribution in [0.15, 0.2) is 83.8 Å². The molecule has 1 heterocycles. The van der Waals surface area contributed by atoms with Crippen molar-refractivity contribution in [2.24, 2.45) is 0 Å². The number of thioether (sulfide) groups is 1. The van der Waals surface area contributed by atoms with Crippen LogP contribution in [-0.4, -0.2) is 40.2 Å². The van der Waals surface area contributed by atoms with Crippen LogP contribution >= 0.6 is 24.0 Å². The van der Waals surface area contributed by atoms with Crippen LogP contribution in [0.2, 0.25) is 0 Å². The number of carbonyl (C=O) groups is 3. The Morgan fingerprint density at radius 2 is 1.74 bits per heavy atom. The highest BCUT2D eigenvalue weighted by Crippen LogP contribution is 2.33. The summed E-state index contributed by atoms with van der Waals surface area (Å²) >= 11 is 6.67. The fraction of sp³-hybridized carbons (Fsp3) is 0.172. The fourth-order valence-corrected chi connectivity index (χ4v) is 4.97. The first-order chi connectivity index (χ1) is 18.4. The minimum atomic E-state index is -0.406. The second kappa shape index (κ2) is 13.0. The van der Waals surface area contributed by atoms with Crippen molar-refractivity contribution >= 4 is 57.8 Å². The molecule has 194 valence electrons. The summed E-state index contributed by atoms with van der Waals surface area (Å²) in [4.78, 5) is 39.1. The molecule has 0 bridgehead atoms. The molecule has 1 fully saturated rings. The Labute approximate surface area is 230 Å². The van der Waals surface area contributed by atoms with Gasteiger partial charge in [-0.15, -0.1) is 0 Å². The molecular formula is C29H26N2O5S2. The largest absolute Gasteiger partial charge is 0.462 e. The van der Waals surface area contributed by atoms with E-state index in [0.29, 0.717) is 45.8 Å². The highest BCUT2D eigenvalue weighted by Gasteiger charge is 2.31. The summed E-state index contributed by atoms with van der Waals surface area (Å²) in [6.07, 6.45) is 2.46.